The molecule has 1 N–H and O–H groups in total. The van der Waals surface area contributed by atoms with Gasteiger partial charge in [0.25, 0.3) is 0 Å². The second-order valence-electron chi connectivity index (χ2n) is 5.57. The predicted molar refractivity (Wildman–Crippen MR) is 97.7 cm³/mol. The van der Waals surface area contributed by atoms with Crippen LogP contribution >= 0.6 is 27.7 Å². The fraction of sp³-hybridized carbons (Fsp3) is 0.588. The quantitative estimate of drug-likeness (QED) is 0.312. The molecule has 2 aromatic rings. The Morgan fingerprint density at radius 3 is 2.52 bits per heavy atom. The second kappa shape index (κ2) is 9.52. The van der Waals surface area contributed by atoms with Crippen LogP contribution in [0.2, 0.25) is 0 Å². The Morgan fingerprint density at radius 2 is 1.76 bits per heavy atom. The Bertz CT molecular complexity index is 539. The maximum Gasteiger partial charge on any atom is 0.166 e. The van der Waals surface area contributed by atoms with Gasteiger partial charge in [0.15, 0.2) is 5.16 Å². The van der Waals surface area contributed by atoms with E-state index in [9.17, 15) is 0 Å². The summed E-state index contributed by atoms with van der Waals surface area (Å²) < 4.78 is 0. The number of rotatable bonds is 10. The van der Waals surface area contributed by atoms with Gasteiger partial charge in [0.05, 0.1) is 11.0 Å². The topological polar surface area (TPSA) is 28.7 Å². The molecule has 0 aliphatic heterocycles. The SMILES string of the molecule is Cc1ccc2nc(SCCCCCCCCCBr)[nH]c2c1. The number of fused-ring (bicyclic) bond motifs is 1. The monoisotopic (exact) mass is 368 g/mol. The first-order valence-electron chi connectivity index (χ1n) is 7.95. The Morgan fingerprint density at radius 1 is 1.05 bits per heavy atom. The minimum Gasteiger partial charge on any atom is -0.333 e. The molecule has 0 amide bonds. The van der Waals surface area contributed by atoms with E-state index in [-0.39, 0.29) is 0 Å². The Balaban J connectivity index is 1.59. The second-order valence-corrected chi connectivity index (χ2v) is 7.45. The zero-order valence-corrected chi connectivity index (χ0v) is 15.2. The van der Waals surface area contributed by atoms with Gasteiger partial charge in [0, 0.05) is 11.1 Å². The maximum atomic E-state index is 4.62. The first-order valence-corrected chi connectivity index (χ1v) is 10.1. The molecule has 1 aromatic carbocycles. The van der Waals surface area contributed by atoms with Crippen molar-refractivity contribution in [1.29, 1.82) is 0 Å². The van der Waals surface area contributed by atoms with Crippen LogP contribution in [0.1, 0.15) is 50.5 Å². The zero-order valence-electron chi connectivity index (χ0n) is 12.8. The van der Waals surface area contributed by atoms with E-state index in [1.165, 1.54) is 56.3 Å². The summed E-state index contributed by atoms with van der Waals surface area (Å²) in [6, 6.07) is 6.38. The molecule has 2 rings (SSSR count). The summed E-state index contributed by atoms with van der Waals surface area (Å²) in [4.78, 5) is 8.03. The van der Waals surface area contributed by atoms with Gasteiger partial charge in [-0.15, -0.1) is 0 Å². The number of imidazole rings is 1. The summed E-state index contributed by atoms with van der Waals surface area (Å²) in [7, 11) is 0. The fourth-order valence-corrected chi connectivity index (χ4v) is 3.70. The first-order chi connectivity index (χ1) is 10.3. The molecule has 0 saturated heterocycles. The summed E-state index contributed by atoms with van der Waals surface area (Å²) in [5, 5.41) is 2.22. The fourth-order valence-electron chi connectivity index (χ4n) is 2.42. The van der Waals surface area contributed by atoms with Crippen LogP contribution < -0.4 is 0 Å². The number of aromatic nitrogens is 2. The Kier molecular flexibility index (Phi) is 7.65. The van der Waals surface area contributed by atoms with Crippen LogP contribution in [0.3, 0.4) is 0 Å². The van der Waals surface area contributed by atoms with Crippen LogP contribution in [0.5, 0.6) is 0 Å². The van der Waals surface area contributed by atoms with Gasteiger partial charge in [0.1, 0.15) is 0 Å². The van der Waals surface area contributed by atoms with Gasteiger partial charge in [-0.25, -0.2) is 4.98 Å². The molecule has 21 heavy (non-hydrogen) atoms. The van der Waals surface area contributed by atoms with E-state index >= 15 is 0 Å². The van der Waals surface area contributed by atoms with E-state index in [1.54, 1.807) is 0 Å². The molecular weight excluding hydrogens is 344 g/mol. The van der Waals surface area contributed by atoms with Crippen molar-refractivity contribution in [2.45, 2.75) is 57.0 Å². The number of aryl methyl sites for hydroxylation is 1. The number of aromatic amines is 1. The number of unbranched alkanes of at least 4 members (excludes halogenated alkanes) is 6. The molecule has 0 aliphatic rings. The van der Waals surface area contributed by atoms with Crippen molar-refractivity contribution in [1.82, 2.24) is 9.97 Å². The number of benzene rings is 1. The van der Waals surface area contributed by atoms with Crippen LogP contribution in [-0.4, -0.2) is 21.1 Å². The highest BCUT2D eigenvalue weighted by atomic mass is 79.9. The van der Waals surface area contributed by atoms with Crippen molar-refractivity contribution in [3.63, 3.8) is 0 Å². The number of nitrogens with zero attached hydrogens (tertiary/aromatic N) is 1. The van der Waals surface area contributed by atoms with Gasteiger partial charge in [-0.1, -0.05) is 65.9 Å². The van der Waals surface area contributed by atoms with Gasteiger partial charge in [0.2, 0.25) is 0 Å². The minimum atomic E-state index is 1.06. The Labute approximate surface area is 140 Å². The van der Waals surface area contributed by atoms with Crippen LogP contribution in [0.15, 0.2) is 23.4 Å². The largest absolute Gasteiger partial charge is 0.333 e. The predicted octanol–water partition coefficient (Wildman–Crippen LogP) is 6.09. The third-order valence-corrected chi connectivity index (χ3v) is 5.15. The molecule has 0 spiro atoms. The molecule has 1 aromatic heterocycles. The third-order valence-electron chi connectivity index (χ3n) is 3.63. The molecule has 0 bridgehead atoms. The summed E-state index contributed by atoms with van der Waals surface area (Å²) in [5.41, 5.74) is 3.52. The summed E-state index contributed by atoms with van der Waals surface area (Å²) in [6.45, 7) is 2.12. The lowest BCUT2D eigenvalue weighted by Gasteiger charge is -2.00. The van der Waals surface area contributed by atoms with Gasteiger partial charge >= 0.3 is 0 Å². The molecule has 0 atom stereocenters. The molecule has 0 fully saturated rings. The molecule has 0 radical (unpaired) electrons. The summed E-state index contributed by atoms with van der Waals surface area (Å²) >= 11 is 5.33. The van der Waals surface area contributed by atoms with E-state index < -0.39 is 0 Å². The third kappa shape index (κ3) is 6.03. The normalized spacial score (nSPS) is 11.3. The molecule has 0 unspecified atom stereocenters. The van der Waals surface area contributed by atoms with Crippen molar-refractivity contribution < 1.29 is 0 Å². The minimum absolute atomic E-state index is 1.06. The average molecular weight is 369 g/mol. The Hall–Kier alpha value is -0.480. The van der Waals surface area contributed by atoms with E-state index in [0.29, 0.717) is 0 Å². The van der Waals surface area contributed by atoms with Crippen molar-refractivity contribution in [3.8, 4) is 0 Å². The van der Waals surface area contributed by atoms with Crippen LogP contribution in [0.4, 0.5) is 0 Å². The number of alkyl halides is 1. The lowest BCUT2D eigenvalue weighted by atomic mass is 10.1. The zero-order chi connectivity index (χ0) is 14.9. The number of nitrogens with one attached hydrogen (secondary N) is 1. The highest BCUT2D eigenvalue weighted by Gasteiger charge is 2.03. The number of thioether (sulfide) groups is 1. The molecule has 0 saturated carbocycles. The van der Waals surface area contributed by atoms with Crippen molar-refractivity contribution >= 4 is 38.7 Å². The van der Waals surface area contributed by atoms with E-state index in [2.05, 4.69) is 51.0 Å². The van der Waals surface area contributed by atoms with Gasteiger partial charge in [-0.05, 0) is 37.5 Å². The number of halogens is 1. The van der Waals surface area contributed by atoms with Gasteiger partial charge in [-0.3, -0.25) is 0 Å². The van der Waals surface area contributed by atoms with E-state index in [1.807, 2.05) is 11.8 Å². The smallest absolute Gasteiger partial charge is 0.166 e. The highest BCUT2D eigenvalue weighted by molar-refractivity contribution is 9.09. The summed E-state index contributed by atoms with van der Waals surface area (Å²) in [5.74, 6) is 1.17. The lowest BCUT2D eigenvalue weighted by molar-refractivity contribution is 0.606. The molecule has 4 heteroatoms. The molecular formula is C17H25BrN2S. The average Bonchev–Trinajstić information content (AvgIpc) is 2.87. The van der Waals surface area contributed by atoms with Crippen molar-refractivity contribution in [2.24, 2.45) is 0 Å². The van der Waals surface area contributed by atoms with Gasteiger partial charge < -0.3 is 4.98 Å². The van der Waals surface area contributed by atoms with Crippen molar-refractivity contribution in [3.05, 3.63) is 23.8 Å². The van der Waals surface area contributed by atoms with Crippen LogP contribution in [0.25, 0.3) is 11.0 Å². The first kappa shape index (κ1) is 16.9. The standard InChI is InChI=1S/C17H25BrN2S/c1-14-9-10-15-16(13-14)20-17(19-15)21-12-8-6-4-2-3-5-7-11-18/h9-10,13H,2-8,11-12H2,1H3,(H,19,20). The molecule has 0 aliphatic carbocycles. The number of hydrogen-bond donors (Lipinski definition) is 1. The maximum absolute atomic E-state index is 4.62. The number of H-pyrrole nitrogens is 1. The van der Waals surface area contributed by atoms with E-state index in [0.717, 1.165) is 21.5 Å². The summed E-state index contributed by atoms with van der Waals surface area (Å²) in [6.07, 6.45) is 9.49. The number of hydrogen-bond acceptors (Lipinski definition) is 2. The molecule has 2 nitrogen and oxygen atoms in total. The van der Waals surface area contributed by atoms with Crippen molar-refractivity contribution in [2.75, 3.05) is 11.1 Å². The van der Waals surface area contributed by atoms with Gasteiger partial charge in [-0.2, -0.15) is 0 Å². The van der Waals surface area contributed by atoms with Crippen LogP contribution in [0, 0.1) is 6.92 Å². The lowest BCUT2D eigenvalue weighted by Crippen LogP contribution is -1.84. The van der Waals surface area contributed by atoms with E-state index in [4.69, 9.17) is 0 Å². The molecule has 116 valence electrons. The highest BCUT2D eigenvalue weighted by Crippen LogP contribution is 2.21. The molecule has 1 heterocycles. The van der Waals surface area contributed by atoms with Crippen LogP contribution in [-0.2, 0) is 0 Å².